The summed E-state index contributed by atoms with van der Waals surface area (Å²) < 4.78 is 39.0. The molecule has 154 valence electrons. The maximum Gasteiger partial charge on any atom is 0.267 e. The summed E-state index contributed by atoms with van der Waals surface area (Å²) in [4.78, 5) is 25.3. The van der Waals surface area contributed by atoms with Crippen molar-refractivity contribution in [1.82, 2.24) is 9.78 Å². The third-order valence-corrected chi connectivity index (χ3v) is 4.73. The zero-order valence-electron chi connectivity index (χ0n) is 16.1. The largest absolute Gasteiger partial charge is 0.454 e. The van der Waals surface area contributed by atoms with E-state index < -0.39 is 28.6 Å². The Balaban J connectivity index is 1.68. The molecule has 7 nitrogen and oxygen atoms in total. The fourth-order valence-corrected chi connectivity index (χ4v) is 2.99. The highest BCUT2D eigenvalue weighted by Crippen LogP contribution is 2.35. The number of carbonyl (C=O) groups excluding carboxylic acids is 1. The van der Waals surface area contributed by atoms with Crippen molar-refractivity contribution in [3.05, 3.63) is 70.5 Å². The summed E-state index contributed by atoms with van der Waals surface area (Å²) in [5.41, 5.74) is -1.28. The van der Waals surface area contributed by atoms with Crippen molar-refractivity contribution in [3.63, 3.8) is 0 Å². The molecule has 0 atom stereocenters. The topological polar surface area (TPSA) is 82.5 Å². The van der Waals surface area contributed by atoms with Gasteiger partial charge in [0.2, 0.25) is 6.79 Å². The molecule has 0 aliphatic carbocycles. The summed E-state index contributed by atoms with van der Waals surface area (Å²) in [6.07, 6.45) is 0. The number of nitrogens with zero attached hydrogens (tertiary/aromatic N) is 2. The molecule has 0 saturated carbocycles. The number of halogens is 2. The van der Waals surface area contributed by atoms with Gasteiger partial charge in [-0.1, -0.05) is 0 Å². The van der Waals surface area contributed by atoms with E-state index in [9.17, 15) is 18.4 Å². The predicted octanol–water partition coefficient (Wildman–Crippen LogP) is 3.29. The average molecular weight is 413 g/mol. The lowest BCUT2D eigenvalue weighted by atomic mass is 10.0. The molecule has 2 heterocycles. The molecule has 1 aromatic heterocycles. The van der Waals surface area contributed by atoms with Gasteiger partial charge in [-0.15, -0.1) is 0 Å². The summed E-state index contributed by atoms with van der Waals surface area (Å²) in [7, 11) is 0. The van der Waals surface area contributed by atoms with E-state index in [-0.39, 0.29) is 12.5 Å². The van der Waals surface area contributed by atoms with Crippen LogP contribution in [0.1, 0.15) is 13.8 Å². The van der Waals surface area contributed by atoms with Gasteiger partial charge in [0, 0.05) is 17.7 Å². The van der Waals surface area contributed by atoms with E-state index in [1.165, 1.54) is 26.0 Å². The number of ether oxygens (including phenoxy) is 2. The second kappa shape index (κ2) is 7.25. The van der Waals surface area contributed by atoms with Crippen LogP contribution in [0.2, 0.25) is 0 Å². The maximum absolute atomic E-state index is 13.9. The predicted molar refractivity (Wildman–Crippen MR) is 104 cm³/mol. The summed E-state index contributed by atoms with van der Waals surface area (Å²) in [5, 5.41) is 6.64. The highest BCUT2D eigenvalue weighted by Gasteiger charge is 2.33. The van der Waals surface area contributed by atoms with Crippen molar-refractivity contribution in [2.45, 2.75) is 19.4 Å². The monoisotopic (exact) mass is 413 g/mol. The molecule has 0 unspecified atom stereocenters. The lowest BCUT2D eigenvalue weighted by molar-refractivity contribution is -0.123. The van der Waals surface area contributed by atoms with Gasteiger partial charge in [0.25, 0.3) is 11.5 Å². The Morgan fingerprint density at radius 3 is 2.63 bits per heavy atom. The number of anilines is 1. The van der Waals surface area contributed by atoms with Crippen LogP contribution < -0.4 is 20.3 Å². The van der Waals surface area contributed by atoms with Crippen LogP contribution in [0.15, 0.2) is 53.3 Å². The summed E-state index contributed by atoms with van der Waals surface area (Å²) in [6.45, 7) is 3.03. The number of hydrogen-bond donors (Lipinski definition) is 1. The van der Waals surface area contributed by atoms with Crippen LogP contribution in [0.4, 0.5) is 14.5 Å². The first-order valence-electron chi connectivity index (χ1n) is 9.03. The minimum atomic E-state index is -1.50. The van der Waals surface area contributed by atoms with Gasteiger partial charge in [0.15, 0.2) is 11.5 Å². The van der Waals surface area contributed by atoms with Crippen molar-refractivity contribution in [2.75, 3.05) is 12.1 Å². The normalized spacial score (nSPS) is 12.7. The quantitative estimate of drug-likeness (QED) is 0.710. The lowest BCUT2D eigenvalue weighted by Crippen LogP contribution is -2.47. The smallest absolute Gasteiger partial charge is 0.267 e. The van der Waals surface area contributed by atoms with E-state index in [2.05, 4.69) is 10.4 Å². The molecule has 1 aliphatic rings. The molecule has 0 spiro atoms. The van der Waals surface area contributed by atoms with Gasteiger partial charge in [0.1, 0.15) is 17.2 Å². The zero-order valence-corrected chi connectivity index (χ0v) is 16.1. The molecule has 1 aliphatic heterocycles. The Kier molecular flexibility index (Phi) is 4.73. The molecule has 2 aromatic carbocycles. The molecule has 3 aromatic rings. The number of carbonyl (C=O) groups is 1. The van der Waals surface area contributed by atoms with E-state index >= 15 is 0 Å². The first kappa shape index (κ1) is 19.6. The number of amides is 1. The molecule has 30 heavy (non-hydrogen) atoms. The van der Waals surface area contributed by atoms with Crippen LogP contribution in [0.25, 0.3) is 11.3 Å². The van der Waals surface area contributed by atoms with Crippen molar-refractivity contribution in [2.24, 2.45) is 0 Å². The summed E-state index contributed by atoms with van der Waals surface area (Å²) >= 11 is 0. The Labute approximate surface area is 169 Å². The third kappa shape index (κ3) is 3.49. The van der Waals surface area contributed by atoms with Gasteiger partial charge in [-0.25, -0.2) is 13.5 Å². The van der Waals surface area contributed by atoms with Gasteiger partial charge >= 0.3 is 0 Å². The number of hydrogen-bond acceptors (Lipinski definition) is 5. The van der Waals surface area contributed by atoms with Gasteiger partial charge in [0.05, 0.1) is 11.4 Å². The Bertz CT molecular complexity index is 1210. The fraction of sp³-hybridized carbons (Fsp3) is 0.190. The Morgan fingerprint density at radius 1 is 1.07 bits per heavy atom. The van der Waals surface area contributed by atoms with Crippen LogP contribution in [-0.4, -0.2) is 22.5 Å². The van der Waals surface area contributed by atoms with Crippen LogP contribution >= 0.6 is 0 Å². The van der Waals surface area contributed by atoms with Crippen molar-refractivity contribution < 1.29 is 23.0 Å². The molecular weight excluding hydrogens is 396 g/mol. The first-order chi connectivity index (χ1) is 14.3. The second-order valence-corrected chi connectivity index (χ2v) is 7.17. The van der Waals surface area contributed by atoms with E-state index in [1.807, 2.05) is 0 Å². The molecule has 0 bridgehead atoms. The molecule has 1 N–H and O–H groups in total. The minimum Gasteiger partial charge on any atom is -0.454 e. The van der Waals surface area contributed by atoms with E-state index in [1.54, 1.807) is 18.2 Å². The molecule has 1 amide bonds. The Morgan fingerprint density at radius 2 is 1.83 bits per heavy atom. The minimum absolute atomic E-state index is 0.121. The van der Waals surface area contributed by atoms with Crippen LogP contribution in [0.5, 0.6) is 11.5 Å². The van der Waals surface area contributed by atoms with Crippen LogP contribution in [-0.2, 0) is 10.3 Å². The third-order valence-electron chi connectivity index (χ3n) is 4.73. The summed E-state index contributed by atoms with van der Waals surface area (Å²) in [6, 6.07) is 10.7. The average Bonchev–Trinajstić information content (AvgIpc) is 3.18. The van der Waals surface area contributed by atoms with Crippen molar-refractivity contribution in [3.8, 4) is 22.8 Å². The second-order valence-electron chi connectivity index (χ2n) is 7.17. The molecular formula is C21H17F2N3O4. The van der Waals surface area contributed by atoms with Crippen LogP contribution in [0, 0.1) is 11.6 Å². The van der Waals surface area contributed by atoms with E-state index in [0.29, 0.717) is 22.8 Å². The van der Waals surface area contributed by atoms with Gasteiger partial charge in [-0.2, -0.15) is 5.10 Å². The number of nitrogens with one attached hydrogen (secondary N) is 1. The summed E-state index contributed by atoms with van der Waals surface area (Å²) in [5.74, 6) is -1.08. The molecule has 0 radical (unpaired) electrons. The number of fused-ring (bicyclic) bond motifs is 1. The molecule has 0 saturated heterocycles. The number of benzene rings is 2. The maximum atomic E-state index is 13.9. The lowest BCUT2D eigenvalue weighted by Gasteiger charge is -2.25. The van der Waals surface area contributed by atoms with Gasteiger partial charge < -0.3 is 14.8 Å². The molecule has 0 fully saturated rings. The highest BCUT2D eigenvalue weighted by atomic mass is 19.1. The van der Waals surface area contributed by atoms with Gasteiger partial charge in [-0.3, -0.25) is 9.59 Å². The van der Waals surface area contributed by atoms with Crippen LogP contribution in [0.3, 0.4) is 0 Å². The highest BCUT2D eigenvalue weighted by molar-refractivity contribution is 5.96. The Hall–Kier alpha value is -3.75. The number of rotatable bonds is 4. The van der Waals surface area contributed by atoms with Gasteiger partial charge in [-0.05, 0) is 50.2 Å². The van der Waals surface area contributed by atoms with E-state index in [4.69, 9.17) is 9.47 Å². The van der Waals surface area contributed by atoms with Crippen molar-refractivity contribution in [1.29, 1.82) is 0 Å². The van der Waals surface area contributed by atoms with E-state index in [0.717, 1.165) is 22.9 Å². The molecule has 4 rings (SSSR count). The van der Waals surface area contributed by atoms with Crippen molar-refractivity contribution >= 4 is 11.6 Å². The number of aromatic nitrogens is 2. The fourth-order valence-electron chi connectivity index (χ4n) is 2.99. The zero-order chi connectivity index (χ0) is 21.5. The standard InChI is InChI=1S/C21H17F2N3O4/c1-21(2,20(28)24-16-10-13(22)4-5-14(16)23)26-19(27)8-6-15(25-26)12-3-7-17-18(9-12)30-11-29-17/h3-10H,11H2,1-2H3,(H,24,28). The molecule has 9 heteroatoms. The first-order valence-corrected chi connectivity index (χ1v) is 9.03. The SMILES string of the molecule is CC(C)(C(=O)Nc1cc(F)ccc1F)n1nc(-c2ccc3c(c2)OCO3)ccc1=O.